The summed E-state index contributed by atoms with van der Waals surface area (Å²) in [6.07, 6.45) is 2.46. The van der Waals surface area contributed by atoms with Crippen LogP contribution in [0.3, 0.4) is 0 Å². The van der Waals surface area contributed by atoms with E-state index in [9.17, 15) is 19.2 Å². The van der Waals surface area contributed by atoms with Crippen molar-refractivity contribution in [3.05, 3.63) is 17.0 Å². The summed E-state index contributed by atoms with van der Waals surface area (Å²) in [6.45, 7) is 11.6. The molecule has 8 nitrogen and oxygen atoms in total. The molecule has 0 spiro atoms. The number of ketones is 2. The lowest BCUT2D eigenvalue weighted by Crippen LogP contribution is -2.26. The number of Topliss-reactive ketones (excluding diaryl/α,β-unsaturated/α-hetero) is 2. The lowest BCUT2D eigenvalue weighted by molar-refractivity contribution is -0.148. The van der Waals surface area contributed by atoms with Gasteiger partial charge in [0.25, 0.3) is 0 Å². The second-order valence-corrected chi connectivity index (χ2v) is 6.52. The van der Waals surface area contributed by atoms with Gasteiger partial charge in [-0.3, -0.25) is 24.3 Å². The molecule has 8 heteroatoms. The third-order valence-electron chi connectivity index (χ3n) is 4.50. The SMILES string of the molecule is CCOC(=O)CC(C(=O)CC)C(=O)CC.CCOC(=O)Cc1c(CC)n[nH]c1CC. The molecule has 0 aliphatic carbocycles. The molecular weight excluding hydrogens is 388 g/mol. The van der Waals surface area contributed by atoms with Gasteiger partial charge < -0.3 is 9.47 Å². The van der Waals surface area contributed by atoms with Crippen LogP contribution in [0, 0.1) is 5.92 Å². The van der Waals surface area contributed by atoms with Gasteiger partial charge in [-0.15, -0.1) is 0 Å². The van der Waals surface area contributed by atoms with Crippen LogP contribution in [0.4, 0.5) is 0 Å². The number of aryl methyl sites for hydroxylation is 2. The number of hydrogen-bond acceptors (Lipinski definition) is 7. The topological polar surface area (TPSA) is 115 Å². The summed E-state index contributed by atoms with van der Waals surface area (Å²) in [4.78, 5) is 45.4. The number of nitrogens with one attached hydrogen (secondary N) is 1. The Balaban J connectivity index is 0.000000561. The van der Waals surface area contributed by atoms with Crippen molar-refractivity contribution < 1.29 is 28.7 Å². The van der Waals surface area contributed by atoms with Crippen LogP contribution in [0.5, 0.6) is 0 Å². The molecule has 0 saturated carbocycles. The maximum atomic E-state index is 11.4. The second kappa shape index (κ2) is 15.3. The van der Waals surface area contributed by atoms with Crippen LogP contribution in [0.1, 0.15) is 77.8 Å². The zero-order valence-electron chi connectivity index (χ0n) is 19.1. The lowest BCUT2D eigenvalue weighted by atomic mass is 9.92. The van der Waals surface area contributed by atoms with Crippen molar-refractivity contribution in [1.82, 2.24) is 10.2 Å². The molecule has 0 unspecified atom stereocenters. The fourth-order valence-electron chi connectivity index (χ4n) is 2.88. The number of rotatable bonds is 12. The van der Waals surface area contributed by atoms with Crippen molar-refractivity contribution in [3.63, 3.8) is 0 Å². The molecule has 0 atom stereocenters. The van der Waals surface area contributed by atoms with Crippen molar-refractivity contribution in [2.45, 2.75) is 80.1 Å². The molecule has 0 saturated heterocycles. The molecule has 0 aliphatic rings. The summed E-state index contributed by atoms with van der Waals surface area (Å²) in [5.41, 5.74) is 3.03. The summed E-state index contributed by atoms with van der Waals surface area (Å²) in [7, 11) is 0. The Bertz CT molecular complexity index is 658. The van der Waals surface area contributed by atoms with Crippen molar-refractivity contribution in [1.29, 1.82) is 0 Å². The number of ether oxygens (including phenoxy) is 2. The van der Waals surface area contributed by atoms with Crippen LogP contribution < -0.4 is 0 Å². The molecule has 1 N–H and O–H groups in total. The van der Waals surface area contributed by atoms with Gasteiger partial charge >= 0.3 is 11.9 Å². The van der Waals surface area contributed by atoms with Crippen molar-refractivity contribution in [2.24, 2.45) is 5.92 Å². The van der Waals surface area contributed by atoms with E-state index in [0.717, 1.165) is 29.8 Å². The average molecular weight is 425 g/mol. The Labute approximate surface area is 179 Å². The van der Waals surface area contributed by atoms with Gasteiger partial charge in [0.1, 0.15) is 11.6 Å². The quantitative estimate of drug-likeness (QED) is 0.405. The van der Waals surface area contributed by atoms with E-state index in [4.69, 9.17) is 9.47 Å². The first-order chi connectivity index (χ1) is 14.3. The van der Waals surface area contributed by atoms with E-state index < -0.39 is 11.9 Å². The standard InChI is InChI=1S/C11H18N2O2.C11H18O4/c1-4-9-8(7-11(14)15-6-3)10(5-2)13-12-9;1-4-9(12)8(10(13)5-2)7-11(14)15-6-3/h4-7H2,1-3H3,(H,12,13);8H,4-7H2,1-3H3. The normalized spacial score (nSPS) is 10.2. The van der Waals surface area contributed by atoms with Gasteiger partial charge in [0.2, 0.25) is 0 Å². The zero-order chi connectivity index (χ0) is 23.1. The number of carbonyl (C=O) groups excluding carboxylic acids is 4. The van der Waals surface area contributed by atoms with E-state index in [1.165, 1.54) is 0 Å². The Morgan fingerprint density at radius 3 is 1.80 bits per heavy atom. The summed E-state index contributed by atoms with van der Waals surface area (Å²) in [6, 6.07) is 0. The van der Waals surface area contributed by atoms with E-state index in [0.29, 0.717) is 13.0 Å². The molecule has 1 aromatic rings. The van der Waals surface area contributed by atoms with Gasteiger partial charge in [0.05, 0.1) is 37.7 Å². The van der Waals surface area contributed by atoms with Crippen molar-refractivity contribution in [3.8, 4) is 0 Å². The molecular formula is C22H36N2O6. The minimum absolute atomic E-state index is 0.118. The number of esters is 2. The highest BCUT2D eigenvalue weighted by Gasteiger charge is 2.26. The summed E-state index contributed by atoms with van der Waals surface area (Å²) in [5.74, 6) is -1.83. The molecule has 1 heterocycles. The Morgan fingerprint density at radius 2 is 1.37 bits per heavy atom. The number of H-pyrrole nitrogens is 1. The smallest absolute Gasteiger partial charge is 0.310 e. The van der Waals surface area contributed by atoms with E-state index in [1.54, 1.807) is 20.8 Å². The highest BCUT2D eigenvalue weighted by Crippen LogP contribution is 2.14. The maximum Gasteiger partial charge on any atom is 0.310 e. The van der Waals surface area contributed by atoms with E-state index >= 15 is 0 Å². The maximum absolute atomic E-state index is 11.4. The largest absolute Gasteiger partial charge is 0.466 e. The molecule has 0 fully saturated rings. The molecule has 1 rings (SSSR count). The predicted octanol–water partition coefficient (Wildman–Crippen LogP) is 3.15. The first-order valence-corrected chi connectivity index (χ1v) is 10.7. The van der Waals surface area contributed by atoms with Crippen LogP contribution >= 0.6 is 0 Å². The predicted molar refractivity (Wildman–Crippen MR) is 113 cm³/mol. The second-order valence-electron chi connectivity index (χ2n) is 6.52. The number of hydrogen-bond donors (Lipinski definition) is 1. The number of carbonyl (C=O) groups is 4. The van der Waals surface area contributed by atoms with Crippen LogP contribution in [0.2, 0.25) is 0 Å². The zero-order valence-corrected chi connectivity index (χ0v) is 19.1. The van der Waals surface area contributed by atoms with Crippen LogP contribution in [0.25, 0.3) is 0 Å². The monoisotopic (exact) mass is 424 g/mol. The molecule has 170 valence electrons. The Morgan fingerprint density at radius 1 is 0.833 bits per heavy atom. The molecule has 0 aliphatic heterocycles. The fourth-order valence-corrected chi connectivity index (χ4v) is 2.88. The van der Waals surface area contributed by atoms with Crippen molar-refractivity contribution >= 4 is 23.5 Å². The van der Waals surface area contributed by atoms with Crippen LogP contribution in [-0.2, 0) is 47.9 Å². The van der Waals surface area contributed by atoms with Crippen LogP contribution in [-0.4, -0.2) is 46.9 Å². The fraction of sp³-hybridized carbons (Fsp3) is 0.682. The molecule has 0 radical (unpaired) electrons. The highest BCUT2D eigenvalue weighted by atomic mass is 16.5. The summed E-state index contributed by atoms with van der Waals surface area (Å²) in [5, 5.41) is 7.15. The minimum Gasteiger partial charge on any atom is -0.466 e. The molecule has 30 heavy (non-hydrogen) atoms. The number of aromatic amines is 1. The minimum atomic E-state index is -0.806. The molecule has 1 aromatic heterocycles. The third-order valence-corrected chi connectivity index (χ3v) is 4.50. The summed E-state index contributed by atoms with van der Waals surface area (Å²) < 4.78 is 9.65. The number of nitrogens with zero attached hydrogens (tertiary/aromatic N) is 1. The van der Waals surface area contributed by atoms with E-state index in [-0.39, 0.29) is 43.4 Å². The molecule has 0 aromatic carbocycles. The average Bonchev–Trinajstić information content (AvgIpc) is 3.13. The Kier molecular flexibility index (Phi) is 14.1. The van der Waals surface area contributed by atoms with Crippen LogP contribution in [0.15, 0.2) is 0 Å². The third kappa shape index (κ3) is 9.33. The highest BCUT2D eigenvalue weighted by molar-refractivity contribution is 6.04. The summed E-state index contributed by atoms with van der Waals surface area (Å²) >= 11 is 0. The van der Waals surface area contributed by atoms with E-state index in [2.05, 4.69) is 10.2 Å². The first-order valence-electron chi connectivity index (χ1n) is 10.7. The van der Waals surface area contributed by atoms with Gasteiger partial charge in [-0.1, -0.05) is 27.7 Å². The Hall–Kier alpha value is -2.51. The van der Waals surface area contributed by atoms with Gasteiger partial charge in [0, 0.05) is 24.1 Å². The van der Waals surface area contributed by atoms with Crippen molar-refractivity contribution in [2.75, 3.05) is 13.2 Å². The van der Waals surface area contributed by atoms with Gasteiger partial charge in [-0.05, 0) is 26.7 Å². The van der Waals surface area contributed by atoms with Gasteiger partial charge in [-0.2, -0.15) is 5.10 Å². The van der Waals surface area contributed by atoms with Gasteiger partial charge in [0.15, 0.2) is 0 Å². The lowest BCUT2D eigenvalue weighted by Gasteiger charge is -2.11. The first kappa shape index (κ1) is 27.5. The van der Waals surface area contributed by atoms with E-state index in [1.807, 2.05) is 20.8 Å². The molecule has 0 amide bonds. The molecule has 0 bridgehead atoms. The number of aromatic nitrogens is 2. The van der Waals surface area contributed by atoms with Gasteiger partial charge in [-0.25, -0.2) is 0 Å².